The third-order valence-electron chi connectivity index (χ3n) is 5.08. The lowest BCUT2D eigenvalue weighted by molar-refractivity contribution is -0.703. The van der Waals surface area contributed by atoms with E-state index < -0.39 is 5.72 Å². The van der Waals surface area contributed by atoms with Crippen molar-refractivity contribution in [2.75, 3.05) is 18.0 Å². The van der Waals surface area contributed by atoms with Gasteiger partial charge in [0.15, 0.2) is 6.04 Å². The normalized spacial score (nSPS) is 19.8. The zero-order valence-electron chi connectivity index (χ0n) is 15.7. The number of benzene rings is 2. The first-order valence-corrected chi connectivity index (χ1v) is 9.24. The summed E-state index contributed by atoms with van der Waals surface area (Å²) in [7, 11) is 0. The summed E-state index contributed by atoms with van der Waals surface area (Å²) >= 11 is 0. The van der Waals surface area contributed by atoms with Crippen molar-refractivity contribution < 1.29 is 26.7 Å². The Labute approximate surface area is 179 Å². The Morgan fingerprint density at radius 1 is 1.10 bits per heavy atom. The molecule has 0 saturated heterocycles. The van der Waals surface area contributed by atoms with E-state index in [1.807, 2.05) is 82.4 Å². The molecule has 4 rings (SSSR count). The van der Waals surface area contributed by atoms with Crippen molar-refractivity contribution in [2.24, 2.45) is 5.11 Å². The fourth-order valence-corrected chi connectivity index (χ4v) is 3.92. The molecule has 0 aliphatic carbocycles. The fourth-order valence-electron chi connectivity index (χ4n) is 3.92. The summed E-state index contributed by atoms with van der Waals surface area (Å²) in [5, 5.41) is 15.8. The van der Waals surface area contributed by atoms with Crippen LogP contribution in [0.25, 0.3) is 10.4 Å². The van der Waals surface area contributed by atoms with Crippen LogP contribution in [-0.2, 0) is 5.72 Å². The Morgan fingerprint density at radius 2 is 1.79 bits per heavy atom. The monoisotopic (exact) mass is 452 g/mol. The lowest BCUT2D eigenvalue weighted by Gasteiger charge is -2.33. The fraction of sp³-hybridized carbons (Fsp3) is 0.238. The van der Waals surface area contributed by atoms with Crippen LogP contribution in [0.15, 0.2) is 84.2 Å². The number of aromatic nitrogens is 2. The van der Waals surface area contributed by atoms with E-state index in [0.29, 0.717) is 25.5 Å². The van der Waals surface area contributed by atoms with Crippen molar-refractivity contribution in [1.82, 2.24) is 4.98 Å². The van der Waals surface area contributed by atoms with Crippen LogP contribution in [0.2, 0.25) is 0 Å². The largest absolute Gasteiger partial charge is 1.00 e. The average Bonchev–Trinajstić information content (AvgIpc) is 3.01. The van der Waals surface area contributed by atoms with Gasteiger partial charge in [0.1, 0.15) is 6.20 Å². The molecule has 3 aromatic rings. The topological polar surface area (TPSA) is 89.0 Å². The van der Waals surface area contributed by atoms with Crippen LogP contribution >= 0.6 is 0 Å². The van der Waals surface area contributed by atoms with Crippen LogP contribution < -0.4 is 26.4 Å². The van der Waals surface area contributed by atoms with Crippen LogP contribution in [0.3, 0.4) is 0 Å². The maximum atomic E-state index is 12.2. The number of anilines is 1. The summed E-state index contributed by atoms with van der Waals surface area (Å²) in [5.41, 5.74) is 9.03. The number of nitrogens with zero attached hydrogens (tertiary/aromatic N) is 6. The van der Waals surface area contributed by atoms with Crippen molar-refractivity contribution in [3.05, 3.63) is 101 Å². The van der Waals surface area contributed by atoms with Crippen molar-refractivity contribution in [1.29, 1.82) is 0 Å². The van der Waals surface area contributed by atoms with E-state index in [2.05, 4.69) is 15.0 Å². The van der Waals surface area contributed by atoms with Crippen molar-refractivity contribution in [3.8, 4) is 0 Å². The number of hydrogen-bond acceptors (Lipinski definition) is 4. The first kappa shape index (κ1) is 20.8. The summed E-state index contributed by atoms with van der Waals surface area (Å²) in [5.74, 6) is 0.684. The van der Waals surface area contributed by atoms with Crippen LogP contribution in [0.4, 0.5) is 5.95 Å². The molecule has 1 aromatic heterocycles. The Hall–Kier alpha value is -2.93. The summed E-state index contributed by atoms with van der Waals surface area (Å²) < 4.78 is 2.01. The molecule has 1 aliphatic rings. The number of azide groups is 1. The van der Waals surface area contributed by atoms with E-state index in [0.717, 1.165) is 11.1 Å². The number of hydrogen-bond donors (Lipinski definition) is 1. The van der Waals surface area contributed by atoms with Gasteiger partial charge in [-0.2, -0.15) is 0 Å². The molecule has 2 atom stereocenters. The quantitative estimate of drug-likeness (QED) is 0.192. The highest BCUT2D eigenvalue weighted by Crippen LogP contribution is 2.44. The number of aliphatic hydroxyl groups is 1. The minimum absolute atomic E-state index is 0. The Kier molecular flexibility index (Phi) is 6.49. The highest BCUT2D eigenvalue weighted by molar-refractivity contribution is 5.43. The second-order valence-corrected chi connectivity index (χ2v) is 6.69. The van der Waals surface area contributed by atoms with E-state index in [1.54, 1.807) is 6.20 Å². The van der Waals surface area contributed by atoms with E-state index in [9.17, 15) is 5.11 Å². The molecule has 148 valence electrons. The van der Waals surface area contributed by atoms with Gasteiger partial charge in [0, 0.05) is 23.1 Å². The Bertz CT molecular complexity index is 996. The molecular formula is C21H21BrN6O. The lowest BCUT2D eigenvalue weighted by Crippen LogP contribution is -3.00. The smallest absolute Gasteiger partial charge is 0.397 e. The highest BCUT2D eigenvalue weighted by Gasteiger charge is 2.59. The van der Waals surface area contributed by atoms with Gasteiger partial charge in [-0.15, -0.1) is 0 Å². The van der Waals surface area contributed by atoms with E-state index in [4.69, 9.17) is 5.53 Å². The summed E-state index contributed by atoms with van der Waals surface area (Å²) in [6, 6.07) is 21.1. The predicted octanol–water partition coefficient (Wildman–Crippen LogP) is 0.328. The lowest BCUT2D eigenvalue weighted by atomic mass is 9.89. The minimum Gasteiger partial charge on any atom is -1.00 e. The number of halogens is 1. The van der Waals surface area contributed by atoms with Gasteiger partial charge in [0.25, 0.3) is 5.72 Å². The molecule has 0 radical (unpaired) electrons. The van der Waals surface area contributed by atoms with Crippen LogP contribution in [-0.4, -0.2) is 23.2 Å². The third kappa shape index (κ3) is 3.70. The minimum atomic E-state index is -1.32. The van der Waals surface area contributed by atoms with Gasteiger partial charge in [-0.25, -0.2) is 9.47 Å². The van der Waals surface area contributed by atoms with Crippen molar-refractivity contribution in [3.63, 3.8) is 0 Å². The zero-order valence-corrected chi connectivity index (χ0v) is 17.3. The van der Waals surface area contributed by atoms with E-state index >= 15 is 0 Å². The molecule has 0 bridgehead atoms. The molecule has 0 saturated carbocycles. The van der Waals surface area contributed by atoms with Crippen molar-refractivity contribution >= 4 is 5.95 Å². The van der Waals surface area contributed by atoms with Crippen LogP contribution in [0, 0.1) is 0 Å². The van der Waals surface area contributed by atoms with Gasteiger partial charge in [0.05, 0.1) is 12.7 Å². The van der Waals surface area contributed by atoms with Gasteiger partial charge < -0.3 is 22.1 Å². The molecule has 1 aliphatic heterocycles. The highest BCUT2D eigenvalue weighted by atomic mass is 79.9. The molecule has 1 N–H and O–H groups in total. The summed E-state index contributed by atoms with van der Waals surface area (Å²) in [6.07, 6.45) is 4.28. The molecule has 8 heteroatoms. The van der Waals surface area contributed by atoms with Crippen LogP contribution in [0.1, 0.15) is 23.6 Å². The maximum Gasteiger partial charge on any atom is 0.397 e. The summed E-state index contributed by atoms with van der Waals surface area (Å²) in [4.78, 5) is 9.30. The molecule has 2 unspecified atom stereocenters. The van der Waals surface area contributed by atoms with Gasteiger partial charge in [-0.05, 0) is 17.5 Å². The number of fused-ring (bicyclic) bond motifs is 1. The molecule has 0 amide bonds. The predicted molar refractivity (Wildman–Crippen MR) is 105 cm³/mol. The molecule has 2 aromatic carbocycles. The Balaban J connectivity index is 0.00000240. The first-order valence-electron chi connectivity index (χ1n) is 9.24. The second kappa shape index (κ2) is 9.05. The molecule has 7 nitrogen and oxygen atoms in total. The molecule has 29 heavy (non-hydrogen) atoms. The third-order valence-corrected chi connectivity index (χ3v) is 5.08. The molecular weight excluding hydrogens is 432 g/mol. The summed E-state index contributed by atoms with van der Waals surface area (Å²) in [6.45, 7) is 0.867. The zero-order chi connectivity index (χ0) is 19.4. The van der Waals surface area contributed by atoms with Crippen LogP contribution in [0.5, 0.6) is 0 Å². The van der Waals surface area contributed by atoms with Gasteiger partial charge in [0.2, 0.25) is 0 Å². The average molecular weight is 453 g/mol. The molecule has 0 spiro atoms. The van der Waals surface area contributed by atoms with Gasteiger partial charge >= 0.3 is 5.95 Å². The van der Waals surface area contributed by atoms with Gasteiger partial charge in [-0.1, -0.05) is 70.8 Å². The SMILES string of the molecule is [Br-].[N-]=[N+]=NCCCN1c2nccc[n+]2C(c2ccccc2)C1(O)c1ccccc1. The molecule has 2 heterocycles. The molecule has 0 fully saturated rings. The first-order chi connectivity index (χ1) is 13.8. The Morgan fingerprint density at radius 3 is 2.48 bits per heavy atom. The number of rotatable bonds is 6. The maximum absolute atomic E-state index is 12.2. The van der Waals surface area contributed by atoms with E-state index in [1.165, 1.54) is 0 Å². The van der Waals surface area contributed by atoms with E-state index in [-0.39, 0.29) is 23.0 Å². The van der Waals surface area contributed by atoms with Crippen molar-refractivity contribution in [2.45, 2.75) is 18.2 Å². The van der Waals surface area contributed by atoms with Gasteiger partial charge in [-0.3, -0.25) is 0 Å². The second-order valence-electron chi connectivity index (χ2n) is 6.69. The standard InChI is InChI=1S/C21H21N6O.BrH/c22-25-24-14-8-16-27-20-23-13-7-15-26(20)19(17-9-3-1-4-10-17)21(27,28)18-11-5-2-6-12-18;/h1-7,9-13,15,19,28H,8,14,16H2;1H/q+1;/p-1.